The average Bonchev–Trinajstić information content (AvgIpc) is 2.66. The molecule has 0 saturated carbocycles. The number of rotatable bonds is 6. The van der Waals surface area contributed by atoms with Gasteiger partial charge in [-0.1, -0.05) is 42.5 Å². The molecule has 3 aromatic rings. The number of amides is 1. The first kappa shape index (κ1) is 17.5. The Labute approximate surface area is 149 Å². The van der Waals surface area contributed by atoms with Crippen molar-refractivity contribution in [2.75, 3.05) is 0 Å². The van der Waals surface area contributed by atoms with Crippen molar-refractivity contribution in [3.63, 3.8) is 0 Å². The van der Waals surface area contributed by atoms with Crippen molar-refractivity contribution in [1.29, 1.82) is 0 Å². The molecule has 0 aliphatic carbocycles. The second-order valence-corrected chi connectivity index (χ2v) is 5.72. The Kier molecular flexibility index (Phi) is 5.48. The van der Waals surface area contributed by atoms with E-state index in [2.05, 4.69) is 20.5 Å². The predicted molar refractivity (Wildman–Crippen MR) is 94.7 cm³/mol. The first-order valence-corrected chi connectivity index (χ1v) is 8.14. The van der Waals surface area contributed by atoms with Gasteiger partial charge in [-0.15, -0.1) is 10.2 Å². The van der Waals surface area contributed by atoms with Crippen LogP contribution in [-0.2, 0) is 17.8 Å². The highest BCUT2D eigenvalue weighted by atomic mass is 19.1. The maximum Gasteiger partial charge on any atom is 0.273 e. The van der Waals surface area contributed by atoms with Crippen molar-refractivity contribution in [3.8, 4) is 11.4 Å². The molecule has 2 aromatic carbocycles. The summed E-state index contributed by atoms with van der Waals surface area (Å²) in [4.78, 5) is 26.6. The molecule has 0 spiro atoms. The van der Waals surface area contributed by atoms with Gasteiger partial charge in [0.1, 0.15) is 11.5 Å². The second-order valence-electron chi connectivity index (χ2n) is 5.72. The lowest BCUT2D eigenvalue weighted by Gasteiger charge is -2.05. The lowest BCUT2D eigenvalue weighted by Crippen LogP contribution is -2.25. The summed E-state index contributed by atoms with van der Waals surface area (Å²) >= 11 is 0. The number of benzene rings is 2. The van der Waals surface area contributed by atoms with Gasteiger partial charge in [0.15, 0.2) is 5.82 Å². The maximum absolute atomic E-state index is 13.3. The Hall–Kier alpha value is -3.35. The van der Waals surface area contributed by atoms with E-state index in [9.17, 15) is 14.0 Å². The highest BCUT2D eigenvalue weighted by Crippen LogP contribution is 2.13. The molecule has 0 atom stereocenters. The summed E-state index contributed by atoms with van der Waals surface area (Å²) in [6.45, 7) is 0.431. The number of nitrogens with one attached hydrogen (secondary N) is 2. The van der Waals surface area contributed by atoms with Crippen LogP contribution in [0.25, 0.3) is 11.4 Å². The fraction of sp³-hybridized carbons (Fsp3) is 0.158. The van der Waals surface area contributed by atoms with Crippen LogP contribution in [0.15, 0.2) is 59.4 Å². The monoisotopic (exact) mass is 352 g/mol. The van der Waals surface area contributed by atoms with Gasteiger partial charge in [0.2, 0.25) is 5.91 Å². The van der Waals surface area contributed by atoms with Crippen molar-refractivity contribution in [2.45, 2.75) is 19.4 Å². The summed E-state index contributed by atoms with van der Waals surface area (Å²) in [6.07, 6.45) is 0.302. The van der Waals surface area contributed by atoms with Gasteiger partial charge >= 0.3 is 0 Å². The number of hydrogen-bond donors (Lipinski definition) is 2. The molecule has 0 saturated heterocycles. The lowest BCUT2D eigenvalue weighted by molar-refractivity contribution is -0.121. The zero-order valence-corrected chi connectivity index (χ0v) is 13.9. The summed E-state index contributed by atoms with van der Waals surface area (Å²) < 4.78 is 13.3. The van der Waals surface area contributed by atoms with E-state index in [4.69, 9.17) is 0 Å². The summed E-state index contributed by atoms with van der Waals surface area (Å²) in [6, 6.07) is 15.3. The van der Waals surface area contributed by atoms with Crippen LogP contribution in [0.4, 0.5) is 4.39 Å². The van der Waals surface area contributed by atoms with Crippen LogP contribution in [-0.4, -0.2) is 21.1 Å². The Morgan fingerprint density at radius 3 is 2.62 bits per heavy atom. The molecule has 3 rings (SSSR count). The first-order chi connectivity index (χ1) is 12.6. The summed E-state index contributed by atoms with van der Waals surface area (Å²) in [5.41, 5.74) is 1.16. The molecule has 1 aromatic heterocycles. The zero-order chi connectivity index (χ0) is 18.4. The molecule has 1 amide bonds. The van der Waals surface area contributed by atoms with Crippen LogP contribution in [0.1, 0.15) is 17.7 Å². The number of halogens is 1. The molecule has 0 bridgehead atoms. The minimum atomic E-state index is -0.435. The maximum atomic E-state index is 13.3. The number of nitrogens with zero attached hydrogens (tertiary/aromatic N) is 2. The topological polar surface area (TPSA) is 87.7 Å². The molecule has 0 fully saturated rings. The Balaban J connectivity index is 1.58. The van der Waals surface area contributed by atoms with E-state index in [0.29, 0.717) is 12.1 Å². The molecular formula is C19H17FN4O2. The van der Waals surface area contributed by atoms with E-state index in [-0.39, 0.29) is 30.3 Å². The standard InChI is InChI=1S/C19H17FN4O2/c20-15-8-4-7-14(11-15)18-22-19(26)16(23-24-18)9-10-17(25)21-12-13-5-2-1-3-6-13/h1-8,11H,9-10,12H2,(H,21,25)(H,22,24,26). The van der Waals surface area contributed by atoms with E-state index in [1.54, 1.807) is 6.07 Å². The smallest absolute Gasteiger partial charge is 0.273 e. The van der Waals surface area contributed by atoms with Gasteiger partial charge in [0.05, 0.1) is 0 Å². The van der Waals surface area contributed by atoms with Gasteiger partial charge in [0, 0.05) is 24.9 Å². The summed E-state index contributed by atoms with van der Waals surface area (Å²) in [5, 5.41) is 10.6. The van der Waals surface area contributed by atoms with E-state index < -0.39 is 11.4 Å². The quantitative estimate of drug-likeness (QED) is 0.712. The Morgan fingerprint density at radius 1 is 1.08 bits per heavy atom. The normalized spacial score (nSPS) is 10.5. The molecule has 0 aliphatic rings. The largest absolute Gasteiger partial charge is 0.352 e. The summed E-state index contributed by atoms with van der Waals surface area (Å²) in [7, 11) is 0. The summed E-state index contributed by atoms with van der Waals surface area (Å²) in [5.74, 6) is -0.416. The molecule has 6 nitrogen and oxygen atoms in total. The number of carbonyl (C=O) groups excluding carboxylic acids is 1. The highest BCUT2D eigenvalue weighted by Gasteiger charge is 2.10. The van der Waals surface area contributed by atoms with E-state index >= 15 is 0 Å². The Morgan fingerprint density at radius 2 is 1.88 bits per heavy atom. The number of hydrogen-bond acceptors (Lipinski definition) is 4. The number of aromatic nitrogens is 3. The Bertz CT molecular complexity index is 957. The minimum absolute atomic E-state index is 0.129. The molecule has 132 valence electrons. The molecule has 1 heterocycles. The van der Waals surface area contributed by atoms with Crippen LogP contribution in [0.5, 0.6) is 0 Å². The van der Waals surface area contributed by atoms with Gasteiger partial charge in [-0.2, -0.15) is 0 Å². The molecule has 0 aliphatic heterocycles. The lowest BCUT2D eigenvalue weighted by atomic mass is 10.2. The SMILES string of the molecule is O=C(CCc1nnc(-c2cccc(F)c2)[nH]c1=O)NCc1ccccc1. The molecule has 7 heteroatoms. The number of aromatic amines is 1. The predicted octanol–water partition coefficient (Wildman–Crippen LogP) is 2.22. The van der Waals surface area contributed by atoms with Crippen LogP contribution < -0.4 is 10.9 Å². The molecule has 26 heavy (non-hydrogen) atoms. The molecule has 2 N–H and O–H groups in total. The number of H-pyrrole nitrogens is 1. The fourth-order valence-corrected chi connectivity index (χ4v) is 2.41. The third-order valence-electron chi connectivity index (χ3n) is 3.78. The molecule has 0 unspecified atom stereocenters. The van der Waals surface area contributed by atoms with Gasteiger partial charge < -0.3 is 10.3 Å². The van der Waals surface area contributed by atoms with E-state index in [1.165, 1.54) is 18.2 Å². The molecular weight excluding hydrogens is 335 g/mol. The average molecular weight is 352 g/mol. The third kappa shape index (κ3) is 4.60. The van der Waals surface area contributed by atoms with Crippen LogP contribution in [0.3, 0.4) is 0 Å². The molecule has 0 radical (unpaired) electrons. The number of carbonyl (C=O) groups is 1. The number of aryl methyl sites for hydroxylation is 1. The van der Waals surface area contributed by atoms with E-state index in [0.717, 1.165) is 5.56 Å². The minimum Gasteiger partial charge on any atom is -0.352 e. The van der Waals surface area contributed by atoms with E-state index in [1.807, 2.05) is 30.3 Å². The third-order valence-corrected chi connectivity index (χ3v) is 3.78. The second kappa shape index (κ2) is 8.15. The van der Waals surface area contributed by atoms with Crippen molar-refractivity contribution < 1.29 is 9.18 Å². The van der Waals surface area contributed by atoms with Crippen molar-refractivity contribution >= 4 is 5.91 Å². The van der Waals surface area contributed by atoms with Crippen molar-refractivity contribution in [2.24, 2.45) is 0 Å². The zero-order valence-electron chi connectivity index (χ0n) is 13.9. The highest BCUT2D eigenvalue weighted by molar-refractivity contribution is 5.76. The van der Waals surface area contributed by atoms with Gasteiger partial charge in [-0.05, 0) is 17.7 Å². The van der Waals surface area contributed by atoms with Crippen LogP contribution in [0, 0.1) is 5.82 Å². The van der Waals surface area contributed by atoms with Gasteiger partial charge in [-0.25, -0.2) is 4.39 Å². The van der Waals surface area contributed by atoms with Gasteiger partial charge in [0.25, 0.3) is 5.56 Å². The van der Waals surface area contributed by atoms with Crippen molar-refractivity contribution in [3.05, 3.63) is 82.0 Å². The van der Waals surface area contributed by atoms with Gasteiger partial charge in [-0.3, -0.25) is 9.59 Å². The van der Waals surface area contributed by atoms with Crippen molar-refractivity contribution in [1.82, 2.24) is 20.5 Å². The van der Waals surface area contributed by atoms with Crippen LogP contribution in [0.2, 0.25) is 0 Å². The fourth-order valence-electron chi connectivity index (χ4n) is 2.41. The first-order valence-electron chi connectivity index (χ1n) is 8.14. The van der Waals surface area contributed by atoms with Crippen LogP contribution >= 0.6 is 0 Å².